The first kappa shape index (κ1) is 12.2. The number of aromatic nitrogens is 1. The summed E-state index contributed by atoms with van der Waals surface area (Å²) in [5.74, 6) is 0. The number of hydrogen-bond acceptors (Lipinski definition) is 1. The highest BCUT2D eigenvalue weighted by atomic mass is 35.5. The number of rotatable bonds is 5. The molecule has 0 spiro atoms. The van der Waals surface area contributed by atoms with E-state index >= 15 is 0 Å². The molecule has 0 saturated carbocycles. The zero-order valence-electron chi connectivity index (χ0n) is 9.99. The van der Waals surface area contributed by atoms with Gasteiger partial charge in [-0.15, -0.1) is 0 Å². The highest BCUT2D eigenvalue weighted by molar-refractivity contribution is 6.30. The van der Waals surface area contributed by atoms with Crippen LogP contribution in [-0.4, -0.2) is 11.1 Å². The summed E-state index contributed by atoms with van der Waals surface area (Å²) < 4.78 is 2.18. The largest absolute Gasteiger partial charge is 0.350 e. The molecule has 0 saturated heterocycles. The van der Waals surface area contributed by atoms with Crippen molar-refractivity contribution in [1.29, 1.82) is 0 Å². The van der Waals surface area contributed by atoms with Crippen LogP contribution in [0.5, 0.6) is 0 Å². The van der Waals surface area contributed by atoms with Gasteiger partial charge in [0.25, 0.3) is 0 Å². The molecule has 0 unspecified atom stereocenters. The van der Waals surface area contributed by atoms with Crippen LogP contribution in [0.4, 0.5) is 0 Å². The Morgan fingerprint density at radius 2 is 2.12 bits per heavy atom. The van der Waals surface area contributed by atoms with Crippen molar-refractivity contribution in [3.05, 3.63) is 58.9 Å². The minimum atomic E-state index is 0.794. The van der Waals surface area contributed by atoms with Crippen molar-refractivity contribution in [3.63, 3.8) is 0 Å². The molecule has 1 heterocycles. The van der Waals surface area contributed by atoms with Crippen LogP contribution in [0, 0.1) is 0 Å². The van der Waals surface area contributed by atoms with Gasteiger partial charge in [0, 0.05) is 30.5 Å². The monoisotopic (exact) mass is 248 g/mol. The molecule has 1 aromatic carbocycles. The molecule has 0 radical (unpaired) electrons. The zero-order chi connectivity index (χ0) is 12.1. The Morgan fingerprint density at radius 1 is 1.24 bits per heavy atom. The Labute approximate surface area is 107 Å². The Morgan fingerprint density at radius 3 is 2.88 bits per heavy atom. The predicted octanol–water partition coefficient (Wildman–Crippen LogP) is 3.30. The van der Waals surface area contributed by atoms with Crippen molar-refractivity contribution < 1.29 is 0 Å². The van der Waals surface area contributed by atoms with E-state index in [9.17, 15) is 0 Å². The molecule has 0 atom stereocenters. The molecule has 2 aromatic rings. The van der Waals surface area contributed by atoms with Crippen molar-refractivity contribution in [2.45, 2.75) is 20.0 Å². The lowest BCUT2D eigenvalue weighted by molar-refractivity contribution is 0.721. The van der Waals surface area contributed by atoms with Crippen molar-refractivity contribution >= 4 is 11.6 Å². The van der Waals surface area contributed by atoms with E-state index in [4.69, 9.17) is 11.6 Å². The topological polar surface area (TPSA) is 17.0 Å². The number of halogens is 1. The SMILES string of the molecule is CCNCc1ccn(Cc2cccc(Cl)c2)c1. The third-order valence-electron chi connectivity index (χ3n) is 2.65. The molecule has 0 amide bonds. The van der Waals surface area contributed by atoms with Gasteiger partial charge in [0.1, 0.15) is 0 Å². The maximum absolute atomic E-state index is 5.97. The molecular weight excluding hydrogens is 232 g/mol. The second kappa shape index (κ2) is 5.89. The lowest BCUT2D eigenvalue weighted by Gasteiger charge is -2.03. The van der Waals surface area contributed by atoms with Gasteiger partial charge >= 0.3 is 0 Å². The van der Waals surface area contributed by atoms with E-state index in [1.807, 2.05) is 18.2 Å². The number of hydrogen-bond donors (Lipinski definition) is 1. The third kappa shape index (κ3) is 3.62. The van der Waals surface area contributed by atoms with E-state index in [1.54, 1.807) is 0 Å². The Kier molecular flexibility index (Phi) is 4.24. The van der Waals surface area contributed by atoms with Gasteiger partial charge in [-0.3, -0.25) is 0 Å². The molecule has 0 aliphatic rings. The molecule has 3 heteroatoms. The van der Waals surface area contributed by atoms with Gasteiger partial charge in [-0.2, -0.15) is 0 Å². The molecule has 0 fully saturated rings. The molecule has 1 aromatic heterocycles. The van der Waals surface area contributed by atoms with Gasteiger partial charge in [0.05, 0.1) is 0 Å². The quantitative estimate of drug-likeness (QED) is 0.859. The van der Waals surface area contributed by atoms with Gasteiger partial charge in [-0.1, -0.05) is 30.7 Å². The second-order valence-electron chi connectivity index (χ2n) is 4.10. The van der Waals surface area contributed by atoms with Crippen molar-refractivity contribution in [3.8, 4) is 0 Å². The van der Waals surface area contributed by atoms with Crippen LogP contribution in [0.2, 0.25) is 5.02 Å². The lowest BCUT2D eigenvalue weighted by atomic mass is 10.2. The second-order valence-corrected chi connectivity index (χ2v) is 4.54. The third-order valence-corrected chi connectivity index (χ3v) is 2.88. The van der Waals surface area contributed by atoms with Gasteiger partial charge in [0.2, 0.25) is 0 Å². The molecule has 90 valence electrons. The molecule has 2 rings (SSSR count). The first-order valence-corrected chi connectivity index (χ1v) is 6.25. The Balaban J connectivity index is 2.01. The molecule has 17 heavy (non-hydrogen) atoms. The summed E-state index contributed by atoms with van der Waals surface area (Å²) in [6.07, 6.45) is 4.27. The zero-order valence-corrected chi connectivity index (χ0v) is 10.7. The highest BCUT2D eigenvalue weighted by Crippen LogP contribution is 2.12. The van der Waals surface area contributed by atoms with E-state index in [0.717, 1.165) is 24.7 Å². The maximum atomic E-state index is 5.97. The van der Waals surface area contributed by atoms with E-state index in [-0.39, 0.29) is 0 Å². The van der Waals surface area contributed by atoms with E-state index < -0.39 is 0 Å². The van der Waals surface area contributed by atoms with Crippen molar-refractivity contribution in [2.24, 2.45) is 0 Å². The predicted molar refractivity (Wildman–Crippen MR) is 72.4 cm³/mol. The van der Waals surface area contributed by atoms with Crippen molar-refractivity contribution in [2.75, 3.05) is 6.54 Å². The number of nitrogens with zero attached hydrogens (tertiary/aromatic N) is 1. The Hall–Kier alpha value is -1.25. The van der Waals surface area contributed by atoms with E-state index in [1.165, 1.54) is 11.1 Å². The minimum absolute atomic E-state index is 0.794. The fourth-order valence-corrected chi connectivity index (χ4v) is 2.02. The van der Waals surface area contributed by atoms with E-state index in [0.29, 0.717) is 0 Å². The summed E-state index contributed by atoms with van der Waals surface area (Å²) in [7, 11) is 0. The van der Waals surface area contributed by atoms with Gasteiger partial charge in [0.15, 0.2) is 0 Å². The van der Waals surface area contributed by atoms with Crippen LogP contribution >= 0.6 is 11.6 Å². The summed E-state index contributed by atoms with van der Waals surface area (Å²) in [5.41, 5.74) is 2.54. The molecule has 0 aliphatic carbocycles. The van der Waals surface area contributed by atoms with Crippen LogP contribution < -0.4 is 5.32 Å². The van der Waals surface area contributed by atoms with Crippen LogP contribution in [0.25, 0.3) is 0 Å². The minimum Gasteiger partial charge on any atom is -0.350 e. The first-order chi connectivity index (χ1) is 8.28. The standard InChI is InChI=1S/C14H17ClN2/c1-2-16-9-13-6-7-17(11-13)10-12-4-3-5-14(15)8-12/h3-8,11,16H,2,9-10H2,1H3. The number of nitrogens with one attached hydrogen (secondary N) is 1. The Bertz CT molecular complexity index is 477. The summed E-state index contributed by atoms with van der Waals surface area (Å²) in [6, 6.07) is 10.1. The fourth-order valence-electron chi connectivity index (χ4n) is 1.81. The van der Waals surface area contributed by atoms with Gasteiger partial charge in [-0.25, -0.2) is 0 Å². The average molecular weight is 249 g/mol. The van der Waals surface area contributed by atoms with Gasteiger partial charge < -0.3 is 9.88 Å². The lowest BCUT2D eigenvalue weighted by Crippen LogP contribution is -2.11. The molecular formula is C14H17ClN2. The van der Waals surface area contributed by atoms with Crippen LogP contribution in [0.3, 0.4) is 0 Å². The highest BCUT2D eigenvalue weighted by Gasteiger charge is 1.98. The van der Waals surface area contributed by atoms with Crippen LogP contribution in [0.1, 0.15) is 18.1 Å². The molecule has 0 aliphatic heterocycles. The number of benzene rings is 1. The maximum Gasteiger partial charge on any atom is 0.0470 e. The summed E-state index contributed by atoms with van der Waals surface area (Å²) in [4.78, 5) is 0. The average Bonchev–Trinajstić information content (AvgIpc) is 2.74. The summed E-state index contributed by atoms with van der Waals surface area (Å²) in [6.45, 7) is 4.91. The molecule has 0 bridgehead atoms. The summed E-state index contributed by atoms with van der Waals surface area (Å²) in [5, 5.41) is 4.11. The summed E-state index contributed by atoms with van der Waals surface area (Å²) >= 11 is 5.97. The smallest absolute Gasteiger partial charge is 0.0470 e. The first-order valence-electron chi connectivity index (χ1n) is 5.87. The normalized spacial score (nSPS) is 10.7. The van der Waals surface area contributed by atoms with Crippen LogP contribution in [-0.2, 0) is 13.1 Å². The van der Waals surface area contributed by atoms with Crippen LogP contribution in [0.15, 0.2) is 42.7 Å². The molecule has 2 nitrogen and oxygen atoms in total. The van der Waals surface area contributed by atoms with Gasteiger partial charge in [-0.05, 0) is 35.9 Å². The molecule has 1 N–H and O–H groups in total. The van der Waals surface area contributed by atoms with Crippen molar-refractivity contribution in [1.82, 2.24) is 9.88 Å². The fraction of sp³-hybridized carbons (Fsp3) is 0.286. The van der Waals surface area contributed by atoms with E-state index in [2.05, 4.69) is 41.3 Å².